The zero-order valence-corrected chi connectivity index (χ0v) is 16.4. The Kier molecular flexibility index (Phi) is 5.13. The zero-order valence-electron chi connectivity index (χ0n) is 14.8. The molecule has 1 saturated heterocycles. The molecule has 0 saturated carbocycles. The summed E-state index contributed by atoms with van der Waals surface area (Å²) in [6, 6.07) is 7.41. The fraction of sp³-hybridized carbons (Fsp3) is 0.316. The number of carbonyl (C=O) groups is 1. The van der Waals surface area contributed by atoms with Gasteiger partial charge in [-0.25, -0.2) is 9.97 Å². The second kappa shape index (κ2) is 7.70. The summed E-state index contributed by atoms with van der Waals surface area (Å²) >= 11 is 7.28. The highest BCUT2D eigenvalue weighted by Gasteiger charge is 2.27. The molecule has 3 aromatic rings. The summed E-state index contributed by atoms with van der Waals surface area (Å²) in [6.45, 7) is 3.21. The minimum atomic E-state index is 0.0477. The number of halogens is 1. The molecular weight excluding hydrogens is 384 g/mol. The number of thiazole rings is 1. The van der Waals surface area contributed by atoms with Crippen molar-refractivity contribution in [1.29, 1.82) is 0 Å². The first-order valence-corrected chi connectivity index (χ1v) is 9.98. The average molecular weight is 403 g/mol. The molecule has 0 spiro atoms. The Morgan fingerprint density at radius 3 is 2.67 bits per heavy atom. The van der Waals surface area contributed by atoms with Crippen molar-refractivity contribution in [3.05, 3.63) is 58.4 Å². The lowest BCUT2D eigenvalue weighted by molar-refractivity contribution is 0.0591. The highest BCUT2D eigenvalue weighted by molar-refractivity contribution is 7.16. The van der Waals surface area contributed by atoms with Crippen molar-refractivity contribution >= 4 is 28.8 Å². The highest BCUT2D eigenvalue weighted by atomic mass is 35.5. The zero-order chi connectivity index (χ0) is 18.8. The van der Waals surface area contributed by atoms with Crippen molar-refractivity contribution < 1.29 is 9.53 Å². The van der Waals surface area contributed by atoms with Crippen LogP contribution in [0.15, 0.2) is 42.9 Å². The number of amides is 1. The summed E-state index contributed by atoms with van der Waals surface area (Å²) in [7, 11) is 0. The Bertz CT molecular complexity index is 916. The molecule has 6 nitrogen and oxygen atoms in total. The molecular formula is C19H19ClN4O2S. The second-order valence-corrected chi connectivity index (χ2v) is 7.84. The van der Waals surface area contributed by atoms with Gasteiger partial charge in [0.15, 0.2) is 5.13 Å². The maximum Gasteiger partial charge on any atom is 0.265 e. The first-order valence-electron chi connectivity index (χ1n) is 8.78. The Morgan fingerprint density at radius 1 is 1.26 bits per heavy atom. The van der Waals surface area contributed by atoms with Gasteiger partial charge < -0.3 is 14.2 Å². The molecule has 0 atom stereocenters. The highest BCUT2D eigenvalue weighted by Crippen LogP contribution is 2.25. The van der Waals surface area contributed by atoms with Crippen LogP contribution < -0.4 is 4.74 Å². The van der Waals surface area contributed by atoms with Gasteiger partial charge >= 0.3 is 0 Å². The molecule has 1 fully saturated rings. The molecule has 4 heterocycles. The number of hydrogen-bond donors (Lipinski definition) is 0. The van der Waals surface area contributed by atoms with Gasteiger partial charge in [-0.15, -0.1) is 0 Å². The van der Waals surface area contributed by atoms with Crippen molar-refractivity contribution in [2.75, 3.05) is 13.1 Å². The fourth-order valence-electron chi connectivity index (χ4n) is 3.08. The van der Waals surface area contributed by atoms with Gasteiger partial charge in [-0.3, -0.25) is 4.79 Å². The Balaban J connectivity index is 1.38. The first kappa shape index (κ1) is 18.0. The van der Waals surface area contributed by atoms with Gasteiger partial charge in [0.1, 0.15) is 11.0 Å². The van der Waals surface area contributed by atoms with Gasteiger partial charge in [0.2, 0.25) is 5.88 Å². The second-order valence-electron chi connectivity index (χ2n) is 6.43. The van der Waals surface area contributed by atoms with Crippen LogP contribution in [0, 0.1) is 6.92 Å². The number of likely N-dealkylation sites (tertiary alicyclic amines) is 1. The monoisotopic (exact) mass is 402 g/mol. The molecule has 0 aromatic carbocycles. The molecule has 0 aliphatic carbocycles. The van der Waals surface area contributed by atoms with Crippen LogP contribution in [-0.4, -0.2) is 44.5 Å². The van der Waals surface area contributed by atoms with Crippen LogP contribution >= 0.6 is 22.9 Å². The molecule has 4 rings (SSSR count). The quantitative estimate of drug-likeness (QED) is 0.662. The third kappa shape index (κ3) is 3.99. The number of ether oxygens (including phenoxy) is 1. The van der Waals surface area contributed by atoms with E-state index in [4.69, 9.17) is 16.3 Å². The minimum absolute atomic E-state index is 0.0477. The van der Waals surface area contributed by atoms with Crippen LogP contribution in [0.2, 0.25) is 5.02 Å². The number of aromatic nitrogens is 3. The van der Waals surface area contributed by atoms with E-state index in [9.17, 15) is 4.79 Å². The number of pyridine rings is 1. The largest absolute Gasteiger partial charge is 0.474 e. The van der Waals surface area contributed by atoms with Crippen LogP contribution in [0.5, 0.6) is 5.88 Å². The van der Waals surface area contributed by atoms with Crippen LogP contribution in [0.25, 0.3) is 5.13 Å². The molecule has 8 heteroatoms. The van der Waals surface area contributed by atoms with Crippen LogP contribution in [0.1, 0.15) is 28.2 Å². The average Bonchev–Trinajstić information content (AvgIpc) is 3.33. The van der Waals surface area contributed by atoms with E-state index in [1.165, 1.54) is 11.3 Å². The normalized spacial score (nSPS) is 15.1. The first-order chi connectivity index (χ1) is 13.1. The van der Waals surface area contributed by atoms with E-state index >= 15 is 0 Å². The van der Waals surface area contributed by atoms with E-state index in [0.717, 1.165) is 23.7 Å². The van der Waals surface area contributed by atoms with Crippen LogP contribution in [0.3, 0.4) is 0 Å². The smallest absolute Gasteiger partial charge is 0.265 e. The summed E-state index contributed by atoms with van der Waals surface area (Å²) in [6.07, 6.45) is 7.04. The van der Waals surface area contributed by atoms with E-state index in [2.05, 4.69) is 9.97 Å². The topological polar surface area (TPSA) is 60.2 Å². The molecule has 0 bridgehead atoms. The van der Waals surface area contributed by atoms with E-state index in [1.54, 1.807) is 18.3 Å². The number of piperidine rings is 1. The van der Waals surface area contributed by atoms with E-state index in [0.29, 0.717) is 28.9 Å². The van der Waals surface area contributed by atoms with Crippen LogP contribution in [-0.2, 0) is 0 Å². The van der Waals surface area contributed by atoms with Crippen molar-refractivity contribution in [1.82, 2.24) is 19.4 Å². The van der Waals surface area contributed by atoms with Gasteiger partial charge in [0, 0.05) is 50.6 Å². The van der Waals surface area contributed by atoms with E-state index < -0.39 is 0 Å². The van der Waals surface area contributed by atoms with Crippen molar-refractivity contribution in [2.45, 2.75) is 25.9 Å². The third-order valence-electron chi connectivity index (χ3n) is 4.52. The predicted octanol–water partition coefficient (Wildman–Crippen LogP) is 3.97. The number of carbonyl (C=O) groups excluding carboxylic acids is 1. The summed E-state index contributed by atoms with van der Waals surface area (Å²) in [5.41, 5.74) is 0.775. The van der Waals surface area contributed by atoms with Crippen molar-refractivity contribution in [2.24, 2.45) is 0 Å². The maximum absolute atomic E-state index is 12.9. The molecule has 1 aliphatic rings. The lowest BCUT2D eigenvalue weighted by Gasteiger charge is -2.31. The van der Waals surface area contributed by atoms with E-state index in [1.807, 2.05) is 40.9 Å². The SMILES string of the molecule is Cc1nc(-n2cccc2)sc1C(=O)N1CCC(Oc2ccc(Cl)cn2)CC1. The Hall–Kier alpha value is -2.38. The van der Waals surface area contributed by atoms with Gasteiger partial charge in [-0.2, -0.15) is 0 Å². The minimum Gasteiger partial charge on any atom is -0.474 e. The molecule has 27 heavy (non-hydrogen) atoms. The van der Waals surface area contributed by atoms with Gasteiger partial charge in [-0.1, -0.05) is 22.9 Å². The molecule has 0 N–H and O–H groups in total. The molecule has 3 aromatic heterocycles. The van der Waals surface area contributed by atoms with Gasteiger partial charge in [-0.05, 0) is 25.1 Å². The van der Waals surface area contributed by atoms with Crippen molar-refractivity contribution in [3.63, 3.8) is 0 Å². The third-order valence-corrected chi connectivity index (χ3v) is 5.90. The standard InChI is InChI=1S/C19H19ClN4O2S/c1-13-17(27-19(22-13)24-8-2-3-9-24)18(25)23-10-6-15(7-11-23)26-16-5-4-14(20)12-21-16/h2-5,8-9,12,15H,6-7,10-11H2,1H3. The number of nitrogens with zero attached hydrogens (tertiary/aromatic N) is 4. The number of aryl methyl sites for hydroxylation is 1. The molecule has 140 valence electrons. The van der Waals surface area contributed by atoms with Crippen LogP contribution in [0.4, 0.5) is 0 Å². The number of rotatable bonds is 4. The Morgan fingerprint density at radius 2 is 2.00 bits per heavy atom. The van der Waals surface area contributed by atoms with Gasteiger partial charge in [0.25, 0.3) is 5.91 Å². The lowest BCUT2D eigenvalue weighted by Crippen LogP contribution is -2.41. The maximum atomic E-state index is 12.9. The summed E-state index contributed by atoms with van der Waals surface area (Å²) in [4.78, 5) is 24.2. The molecule has 1 amide bonds. The predicted molar refractivity (Wildman–Crippen MR) is 105 cm³/mol. The summed E-state index contributed by atoms with van der Waals surface area (Å²) < 4.78 is 7.82. The number of hydrogen-bond acceptors (Lipinski definition) is 5. The molecule has 0 radical (unpaired) electrons. The fourth-order valence-corrected chi connectivity index (χ4v) is 4.19. The lowest BCUT2D eigenvalue weighted by atomic mass is 10.1. The van der Waals surface area contributed by atoms with Crippen molar-refractivity contribution in [3.8, 4) is 11.0 Å². The molecule has 1 aliphatic heterocycles. The van der Waals surface area contributed by atoms with E-state index in [-0.39, 0.29) is 12.0 Å². The molecule has 0 unspecified atom stereocenters. The summed E-state index contributed by atoms with van der Waals surface area (Å²) in [5, 5.41) is 1.40. The van der Waals surface area contributed by atoms with Gasteiger partial charge in [0.05, 0.1) is 10.7 Å². The Labute approximate surface area is 166 Å². The summed E-state index contributed by atoms with van der Waals surface area (Å²) in [5.74, 6) is 0.616.